The van der Waals surface area contributed by atoms with Crippen LogP contribution in [0.25, 0.3) is 5.57 Å². The Morgan fingerprint density at radius 1 is 1.35 bits per heavy atom. The van der Waals surface area contributed by atoms with Crippen LogP contribution < -0.4 is 5.73 Å². The van der Waals surface area contributed by atoms with E-state index in [1.54, 1.807) is 6.20 Å². The minimum atomic E-state index is 0.308. The first-order valence-corrected chi connectivity index (χ1v) is 7.02. The molecule has 1 aliphatic carbocycles. The summed E-state index contributed by atoms with van der Waals surface area (Å²) < 4.78 is 0. The van der Waals surface area contributed by atoms with Crippen molar-refractivity contribution in [3.05, 3.63) is 60.1 Å². The number of hydrogen-bond acceptors (Lipinski definition) is 3. The number of nitrogens with two attached hydrogens (primary N) is 1. The third kappa shape index (κ3) is 2.57. The van der Waals surface area contributed by atoms with Crippen molar-refractivity contribution in [2.75, 3.05) is 0 Å². The summed E-state index contributed by atoms with van der Waals surface area (Å²) in [5.74, 6) is 0.817. The van der Waals surface area contributed by atoms with Gasteiger partial charge in [0.1, 0.15) is 0 Å². The number of nitrogens with zero attached hydrogens (tertiary/aromatic N) is 2. The second kappa shape index (κ2) is 5.45. The van der Waals surface area contributed by atoms with Crippen LogP contribution in [-0.2, 0) is 0 Å². The number of rotatable bonds is 2. The van der Waals surface area contributed by atoms with Gasteiger partial charge in [-0.15, -0.1) is 0 Å². The predicted octanol–water partition coefficient (Wildman–Crippen LogP) is 2.97. The van der Waals surface area contributed by atoms with Gasteiger partial charge in [-0.05, 0) is 48.6 Å². The largest absolute Gasteiger partial charge is 0.402 e. The quantitative estimate of drug-likeness (QED) is 0.893. The molecule has 3 atom stereocenters. The zero-order valence-electron chi connectivity index (χ0n) is 11.6. The summed E-state index contributed by atoms with van der Waals surface area (Å²) in [7, 11) is 0. The van der Waals surface area contributed by atoms with Crippen LogP contribution >= 0.6 is 0 Å². The van der Waals surface area contributed by atoms with Crippen molar-refractivity contribution in [1.82, 2.24) is 4.98 Å². The minimum Gasteiger partial charge on any atom is -0.402 e. The molecule has 1 aromatic rings. The van der Waals surface area contributed by atoms with E-state index in [1.165, 1.54) is 5.57 Å². The van der Waals surface area contributed by atoms with Crippen LogP contribution in [0.4, 0.5) is 0 Å². The van der Waals surface area contributed by atoms with E-state index in [1.807, 2.05) is 24.6 Å². The Bertz CT molecular complexity index is 596. The maximum atomic E-state index is 6.14. The lowest BCUT2D eigenvalue weighted by atomic mass is 9.78. The standard InChI is InChI=1S/C17H19N3/c1-12-17(5-3-7-20-12)15-8-14(9-16(18)10-15)13-4-2-6-19-11-13/h2-9,11-12,15,17H,10,18H2,1H3. The van der Waals surface area contributed by atoms with Crippen LogP contribution in [0.3, 0.4) is 0 Å². The normalized spacial score (nSPS) is 28.9. The Balaban J connectivity index is 1.91. The van der Waals surface area contributed by atoms with Gasteiger partial charge in [-0.2, -0.15) is 0 Å². The van der Waals surface area contributed by atoms with Crippen LogP contribution in [-0.4, -0.2) is 17.2 Å². The van der Waals surface area contributed by atoms with Crippen molar-refractivity contribution in [2.24, 2.45) is 22.6 Å². The Kier molecular flexibility index (Phi) is 3.50. The third-order valence-corrected chi connectivity index (χ3v) is 3.99. The Morgan fingerprint density at radius 2 is 2.25 bits per heavy atom. The van der Waals surface area contributed by atoms with Gasteiger partial charge in [-0.1, -0.05) is 18.2 Å². The molecule has 3 rings (SSSR count). The summed E-state index contributed by atoms with van der Waals surface area (Å²) in [6, 6.07) is 4.34. The molecule has 3 nitrogen and oxygen atoms in total. The molecule has 0 radical (unpaired) electrons. The number of aromatic nitrogens is 1. The second-order valence-corrected chi connectivity index (χ2v) is 5.45. The average molecular weight is 265 g/mol. The van der Waals surface area contributed by atoms with Crippen LogP contribution in [0.2, 0.25) is 0 Å². The lowest BCUT2D eigenvalue weighted by molar-refractivity contribution is 0.406. The van der Waals surface area contributed by atoms with Crippen LogP contribution in [0, 0.1) is 11.8 Å². The number of dihydropyridines is 1. The number of aliphatic imine (C=N–C) groups is 1. The Labute approximate surface area is 119 Å². The first kappa shape index (κ1) is 12.9. The molecule has 0 aromatic carbocycles. The molecule has 102 valence electrons. The van der Waals surface area contributed by atoms with Gasteiger partial charge in [-0.25, -0.2) is 0 Å². The molecule has 1 aromatic heterocycles. The molecular weight excluding hydrogens is 246 g/mol. The van der Waals surface area contributed by atoms with Crippen LogP contribution in [0.1, 0.15) is 18.9 Å². The van der Waals surface area contributed by atoms with Crippen LogP contribution in [0.15, 0.2) is 59.5 Å². The van der Waals surface area contributed by atoms with Gasteiger partial charge < -0.3 is 5.73 Å². The maximum absolute atomic E-state index is 6.14. The molecule has 0 amide bonds. The van der Waals surface area contributed by atoms with Crippen molar-refractivity contribution < 1.29 is 0 Å². The maximum Gasteiger partial charge on any atom is 0.0539 e. The molecule has 1 aliphatic heterocycles. The highest BCUT2D eigenvalue weighted by Gasteiger charge is 2.26. The van der Waals surface area contributed by atoms with E-state index in [-0.39, 0.29) is 0 Å². The van der Waals surface area contributed by atoms with Gasteiger partial charge in [-0.3, -0.25) is 9.98 Å². The molecule has 20 heavy (non-hydrogen) atoms. The number of hydrogen-bond donors (Lipinski definition) is 1. The highest BCUT2D eigenvalue weighted by atomic mass is 14.8. The monoisotopic (exact) mass is 265 g/mol. The van der Waals surface area contributed by atoms with E-state index in [0.29, 0.717) is 17.9 Å². The van der Waals surface area contributed by atoms with Gasteiger partial charge in [0.25, 0.3) is 0 Å². The molecule has 0 saturated carbocycles. The van der Waals surface area contributed by atoms with Crippen molar-refractivity contribution in [1.29, 1.82) is 0 Å². The minimum absolute atomic E-state index is 0.308. The molecule has 3 heteroatoms. The van der Waals surface area contributed by atoms with Crippen molar-refractivity contribution in [3.8, 4) is 0 Å². The number of pyridine rings is 1. The van der Waals surface area contributed by atoms with Gasteiger partial charge >= 0.3 is 0 Å². The van der Waals surface area contributed by atoms with E-state index in [2.05, 4.69) is 41.2 Å². The topological polar surface area (TPSA) is 51.3 Å². The summed E-state index contributed by atoms with van der Waals surface area (Å²) in [6.45, 7) is 2.16. The summed E-state index contributed by atoms with van der Waals surface area (Å²) >= 11 is 0. The Hall–Kier alpha value is -2.16. The van der Waals surface area contributed by atoms with E-state index in [9.17, 15) is 0 Å². The highest BCUT2D eigenvalue weighted by molar-refractivity contribution is 5.76. The van der Waals surface area contributed by atoms with Gasteiger partial charge in [0, 0.05) is 30.2 Å². The Morgan fingerprint density at radius 3 is 3.00 bits per heavy atom. The SMILES string of the molecule is CC1N=CC=CC1C1C=C(c2cccnc2)C=C(N)C1. The average Bonchev–Trinajstić information content (AvgIpc) is 2.48. The molecule has 0 saturated heterocycles. The molecule has 0 spiro atoms. The van der Waals surface area contributed by atoms with E-state index < -0.39 is 0 Å². The summed E-state index contributed by atoms with van der Waals surface area (Å²) in [4.78, 5) is 8.68. The van der Waals surface area contributed by atoms with E-state index in [4.69, 9.17) is 5.73 Å². The first-order valence-electron chi connectivity index (χ1n) is 7.02. The van der Waals surface area contributed by atoms with Gasteiger partial charge in [0.05, 0.1) is 6.04 Å². The molecule has 0 bridgehead atoms. The molecular formula is C17H19N3. The van der Waals surface area contributed by atoms with Crippen molar-refractivity contribution in [3.63, 3.8) is 0 Å². The second-order valence-electron chi connectivity index (χ2n) is 5.45. The van der Waals surface area contributed by atoms with E-state index in [0.717, 1.165) is 17.7 Å². The molecule has 2 aliphatic rings. The smallest absolute Gasteiger partial charge is 0.0539 e. The third-order valence-electron chi connectivity index (χ3n) is 3.99. The molecule has 0 fully saturated rings. The lowest BCUT2D eigenvalue weighted by Crippen LogP contribution is -2.26. The zero-order valence-corrected chi connectivity index (χ0v) is 11.6. The zero-order chi connectivity index (χ0) is 13.9. The highest BCUT2D eigenvalue weighted by Crippen LogP contribution is 2.34. The predicted molar refractivity (Wildman–Crippen MR) is 83.2 cm³/mol. The number of allylic oxidation sites excluding steroid dienone is 5. The summed E-state index contributed by atoms with van der Waals surface area (Å²) in [6.07, 6.45) is 15.1. The van der Waals surface area contributed by atoms with Gasteiger partial charge in [0.15, 0.2) is 0 Å². The summed E-state index contributed by atoms with van der Waals surface area (Å²) in [5.41, 5.74) is 9.37. The van der Waals surface area contributed by atoms with Crippen LogP contribution in [0.5, 0.6) is 0 Å². The van der Waals surface area contributed by atoms with Crippen molar-refractivity contribution >= 4 is 11.8 Å². The fourth-order valence-corrected chi connectivity index (χ4v) is 2.95. The molecule has 2 N–H and O–H groups in total. The van der Waals surface area contributed by atoms with Crippen molar-refractivity contribution in [2.45, 2.75) is 19.4 Å². The fourth-order valence-electron chi connectivity index (χ4n) is 2.95. The summed E-state index contributed by atoms with van der Waals surface area (Å²) in [5, 5.41) is 0. The lowest BCUT2D eigenvalue weighted by Gasteiger charge is -2.30. The molecule has 3 unspecified atom stereocenters. The molecule has 2 heterocycles. The fraction of sp³-hybridized carbons (Fsp3) is 0.294. The first-order chi connectivity index (χ1) is 9.74. The van der Waals surface area contributed by atoms with E-state index >= 15 is 0 Å². The van der Waals surface area contributed by atoms with Gasteiger partial charge in [0.2, 0.25) is 0 Å².